The van der Waals surface area contributed by atoms with Gasteiger partial charge in [0.15, 0.2) is 0 Å². The number of halogens is 1. The van der Waals surface area contributed by atoms with Crippen LogP contribution in [0.4, 0.5) is 4.39 Å². The molecule has 3 heteroatoms. The van der Waals surface area contributed by atoms with Crippen molar-refractivity contribution in [1.82, 2.24) is 0 Å². The third kappa shape index (κ3) is 2.50. The van der Waals surface area contributed by atoms with Crippen LogP contribution in [0.15, 0.2) is 42.5 Å². The summed E-state index contributed by atoms with van der Waals surface area (Å²) in [6.07, 6.45) is 1.78. The Morgan fingerprint density at radius 1 is 1.24 bits per heavy atom. The zero-order chi connectivity index (χ0) is 14.9. The Balaban J connectivity index is 1.98. The van der Waals surface area contributed by atoms with Crippen molar-refractivity contribution in [3.05, 3.63) is 53.8 Å². The molecule has 0 spiro atoms. The van der Waals surface area contributed by atoms with Gasteiger partial charge >= 0.3 is 0 Å². The van der Waals surface area contributed by atoms with Gasteiger partial charge in [-0.15, -0.1) is 0 Å². The molecule has 2 aromatic carbocycles. The Morgan fingerprint density at radius 3 is 2.67 bits per heavy atom. The largest absolute Gasteiger partial charge is 0.494 e. The molecule has 1 aliphatic carbocycles. The monoisotopic (exact) mass is 281 g/mol. The van der Waals surface area contributed by atoms with Crippen LogP contribution in [0.3, 0.4) is 0 Å². The van der Waals surface area contributed by atoms with Gasteiger partial charge < -0.3 is 4.74 Å². The molecule has 2 nitrogen and oxygen atoms in total. The van der Waals surface area contributed by atoms with E-state index in [1.54, 1.807) is 12.1 Å². The molecule has 0 aromatic heterocycles. The summed E-state index contributed by atoms with van der Waals surface area (Å²) in [6, 6.07) is 14.9. The highest BCUT2D eigenvalue weighted by molar-refractivity contribution is 5.66. The van der Waals surface area contributed by atoms with Gasteiger partial charge in [0, 0.05) is 11.6 Å². The minimum atomic E-state index is -0.349. The number of rotatable bonds is 4. The van der Waals surface area contributed by atoms with Crippen molar-refractivity contribution in [2.45, 2.75) is 25.2 Å². The summed E-state index contributed by atoms with van der Waals surface area (Å²) in [7, 11) is 0. The lowest BCUT2D eigenvalue weighted by Crippen LogP contribution is -2.02. The lowest BCUT2D eigenvalue weighted by molar-refractivity contribution is 0.338. The van der Waals surface area contributed by atoms with Crippen LogP contribution in [0.25, 0.3) is 11.1 Å². The number of hydrogen-bond donors (Lipinski definition) is 0. The van der Waals surface area contributed by atoms with Crippen LogP contribution < -0.4 is 4.74 Å². The Labute approximate surface area is 123 Å². The second-order valence-electron chi connectivity index (χ2n) is 5.35. The first-order valence-corrected chi connectivity index (χ1v) is 7.13. The van der Waals surface area contributed by atoms with Crippen molar-refractivity contribution < 1.29 is 9.13 Å². The second-order valence-corrected chi connectivity index (χ2v) is 5.35. The summed E-state index contributed by atoms with van der Waals surface area (Å²) in [5.74, 6) is 0.227. The summed E-state index contributed by atoms with van der Waals surface area (Å²) in [4.78, 5) is 0. The maximum absolute atomic E-state index is 14.2. The van der Waals surface area contributed by atoms with Gasteiger partial charge in [0.2, 0.25) is 0 Å². The van der Waals surface area contributed by atoms with Crippen molar-refractivity contribution >= 4 is 0 Å². The first-order chi connectivity index (χ1) is 10.2. The fourth-order valence-electron chi connectivity index (χ4n) is 2.56. The van der Waals surface area contributed by atoms with Crippen molar-refractivity contribution in [2.75, 3.05) is 6.61 Å². The second kappa shape index (κ2) is 5.21. The van der Waals surface area contributed by atoms with Crippen LogP contribution in [0.2, 0.25) is 0 Å². The van der Waals surface area contributed by atoms with Gasteiger partial charge in [-0.3, -0.25) is 0 Å². The van der Waals surface area contributed by atoms with Crippen LogP contribution in [0.1, 0.15) is 25.3 Å². The lowest BCUT2D eigenvalue weighted by Gasteiger charge is -2.11. The average molecular weight is 281 g/mol. The normalized spacial score (nSPS) is 15.3. The van der Waals surface area contributed by atoms with E-state index in [9.17, 15) is 9.65 Å². The number of ether oxygens (including phenoxy) is 1. The fraction of sp³-hybridized carbons (Fsp3) is 0.278. The third-order valence-electron chi connectivity index (χ3n) is 3.94. The highest BCUT2D eigenvalue weighted by Crippen LogP contribution is 2.48. The smallest absolute Gasteiger partial charge is 0.134 e. The first kappa shape index (κ1) is 13.6. The topological polar surface area (TPSA) is 33.0 Å². The Hall–Kier alpha value is -2.34. The summed E-state index contributed by atoms with van der Waals surface area (Å²) in [5.41, 5.74) is 1.97. The fourth-order valence-corrected chi connectivity index (χ4v) is 2.56. The SMILES string of the molecule is CCOc1ccc(-c2cccc(C3(C#N)CC3)c2)c(F)c1. The Kier molecular flexibility index (Phi) is 3.39. The van der Waals surface area contributed by atoms with E-state index in [1.807, 2.05) is 31.2 Å². The van der Waals surface area contributed by atoms with Gasteiger partial charge in [-0.05, 0) is 49.1 Å². The molecule has 21 heavy (non-hydrogen) atoms. The molecule has 0 atom stereocenters. The lowest BCUT2D eigenvalue weighted by atomic mass is 9.93. The minimum absolute atomic E-state index is 0.306. The van der Waals surface area contributed by atoms with Gasteiger partial charge in [-0.1, -0.05) is 18.2 Å². The van der Waals surface area contributed by atoms with Crippen molar-refractivity contribution in [1.29, 1.82) is 5.26 Å². The van der Waals surface area contributed by atoms with E-state index in [1.165, 1.54) is 6.07 Å². The molecule has 0 radical (unpaired) electrons. The molecule has 0 bridgehead atoms. The standard InChI is InChI=1S/C18H16FNO/c1-2-21-15-6-7-16(17(19)11-15)13-4-3-5-14(10-13)18(12-20)8-9-18/h3-7,10-11H,2,8-9H2,1H3. The van der Waals surface area contributed by atoms with E-state index in [2.05, 4.69) is 6.07 Å². The van der Waals surface area contributed by atoms with Gasteiger partial charge in [-0.2, -0.15) is 5.26 Å². The Morgan fingerprint density at radius 2 is 2.05 bits per heavy atom. The van der Waals surface area contributed by atoms with Gasteiger partial charge in [-0.25, -0.2) is 4.39 Å². The van der Waals surface area contributed by atoms with Crippen LogP contribution in [0.5, 0.6) is 5.75 Å². The quantitative estimate of drug-likeness (QED) is 0.829. The zero-order valence-electron chi connectivity index (χ0n) is 11.9. The minimum Gasteiger partial charge on any atom is -0.494 e. The Bertz CT molecular complexity index is 713. The molecule has 1 aliphatic rings. The number of hydrogen-bond acceptors (Lipinski definition) is 2. The van der Waals surface area contributed by atoms with Crippen LogP contribution in [-0.4, -0.2) is 6.61 Å². The van der Waals surface area contributed by atoms with Crippen molar-refractivity contribution in [2.24, 2.45) is 0 Å². The van der Waals surface area contributed by atoms with E-state index in [4.69, 9.17) is 4.74 Å². The van der Waals surface area contributed by atoms with Crippen LogP contribution >= 0.6 is 0 Å². The molecule has 1 saturated carbocycles. The summed E-state index contributed by atoms with van der Waals surface area (Å²) in [6.45, 7) is 2.38. The molecule has 0 unspecified atom stereocenters. The molecule has 106 valence electrons. The molecule has 0 aliphatic heterocycles. The molecule has 0 heterocycles. The number of nitriles is 1. The van der Waals surface area contributed by atoms with Gasteiger partial charge in [0.1, 0.15) is 11.6 Å². The van der Waals surface area contributed by atoms with E-state index in [0.717, 1.165) is 24.0 Å². The van der Waals surface area contributed by atoms with E-state index >= 15 is 0 Å². The summed E-state index contributed by atoms with van der Waals surface area (Å²) in [5, 5.41) is 9.28. The van der Waals surface area contributed by atoms with E-state index in [-0.39, 0.29) is 11.2 Å². The van der Waals surface area contributed by atoms with Crippen LogP contribution in [-0.2, 0) is 5.41 Å². The maximum Gasteiger partial charge on any atom is 0.134 e. The molecule has 1 fully saturated rings. The van der Waals surface area contributed by atoms with Gasteiger partial charge in [0.25, 0.3) is 0 Å². The number of benzene rings is 2. The van der Waals surface area contributed by atoms with Crippen molar-refractivity contribution in [3.63, 3.8) is 0 Å². The molecule has 0 amide bonds. The average Bonchev–Trinajstić information content (AvgIpc) is 3.29. The summed E-state index contributed by atoms with van der Waals surface area (Å²) >= 11 is 0. The van der Waals surface area contributed by atoms with Crippen LogP contribution in [0, 0.1) is 17.1 Å². The predicted molar refractivity (Wildman–Crippen MR) is 79.5 cm³/mol. The molecule has 2 aromatic rings. The third-order valence-corrected chi connectivity index (χ3v) is 3.94. The molecular weight excluding hydrogens is 265 g/mol. The van der Waals surface area contributed by atoms with Gasteiger partial charge in [0.05, 0.1) is 18.1 Å². The zero-order valence-corrected chi connectivity index (χ0v) is 11.9. The first-order valence-electron chi connectivity index (χ1n) is 7.13. The molecule has 3 rings (SSSR count). The predicted octanol–water partition coefficient (Wildman–Crippen LogP) is 4.45. The maximum atomic E-state index is 14.2. The van der Waals surface area contributed by atoms with E-state index in [0.29, 0.717) is 17.9 Å². The van der Waals surface area contributed by atoms with E-state index < -0.39 is 0 Å². The molecule has 0 saturated heterocycles. The highest BCUT2D eigenvalue weighted by Gasteiger charge is 2.44. The van der Waals surface area contributed by atoms with Crippen molar-refractivity contribution in [3.8, 4) is 22.9 Å². The molecular formula is C18H16FNO. The summed E-state index contributed by atoms with van der Waals surface area (Å²) < 4.78 is 19.5. The highest BCUT2D eigenvalue weighted by atomic mass is 19.1. The number of nitrogens with zero attached hydrogens (tertiary/aromatic N) is 1. The molecule has 0 N–H and O–H groups in total.